The average Bonchev–Trinajstić information content (AvgIpc) is 2.88. The van der Waals surface area contributed by atoms with Gasteiger partial charge in [0.25, 0.3) is 5.91 Å². The van der Waals surface area contributed by atoms with Gasteiger partial charge in [0.15, 0.2) is 0 Å². The molecule has 0 spiro atoms. The molecule has 1 aromatic heterocycles. The van der Waals surface area contributed by atoms with Gasteiger partial charge < -0.3 is 10.4 Å². The molecule has 0 aliphatic carbocycles. The van der Waals surface area contributed by atoms with Gasteiger partial charge in [-0.25, -0.2) is 0 Å². The zero-order chi connectivity index (χ0) is 15.2. The molecule has 2 N–H and O–H groups in total. The lowest BCUT2D eigenvalue weighted by Crippen LogP contribution is -2.23. The summed E-state index contributed by atoms with van der Waals surface area (Å²) in [6.07, 6.45) is 0. The van der Waals surface area contributed by atoms with E-state index in [1.165, 1.54) is 0 Å². The van der Waals surface area contributed by atoms with E-state index in [2.05, 4.69) is 33.1 Å². The highest BCUT2D eigenvalue weighted by Crippen LogP contribution is 2.22. The molecule has 5 heteroatoms. The van der Waals surface area contributed by atoms with Crippen molar-refractivity contribution in [3.05, 3.63) is 55.7 Å². The van der Waals surface area contributed by atoms with Crippen molar-refractivity contribution in [1.29, 1.82) is 0 Å². The standard InChI is InChI=1S/C16H14BrNO2S/c1-11-4-5-12(3-2-7-19)13(9-11)16(20)18-10-15-14(17)6-8-21-15/h4-6,8-9,19H,7,10H2,1H3,(H,18,20). The van der Waals surface area contributed by atoms with Crippen LogP contribution >= 0.6 is 27.3 Å². The van der Waals surface area contributed by atoms with E-state index in [1.807, 2.05) is 24.4 Å². The van der Waals surface area contributed by atoms with Crippen molar-refractivity contribution in [2.45, 2.75) is 13.5 Å². The fourth-order valence-corrected chi connectivity index (χ4v) is 3.23. The Morgan fingerprint density at radius 2 is 2.24 bits per heavy atom. The highest BCUT2D eigenvalue weighted by molar-refractivity contribution is 9.10. The monoisotopic (exact) mass is 363 g/mol. The molecule has 3 nitrogen and oxygen atoms in total. The van der Waals surface area contributed by atoms with E-state index in [4.69, 9.17) is 5.11 Å². The summed E-state index contributed by atoms with van der Waals surface area (Å²) in [6, 6.07) is 7.46. The van der Waals surface area contributed by atoms with Gasteiger partial charge >= 0.3 is 0 Å². The minimum atomic E-state index is -0.225. The van der Waals surface area contributed by atoms with Crippen LogP contribution in [0.4, 0.5) is 0 Å². The molecule has 1 heterocycles. The molecule has 2 aromatic rings. The lowest BCUT2D eigenvalue weighted by Gasteiger charge is -2.07. The predicted molar refractivity (Wildman–Crippen MR) is 88.3 cm³/mol. The summed E-state index contributed by atoms with van der Waals surface area (Å²) in [7, 11) is 0. The Bertz CT molecular complexity index is 713. The highest BCUT2D eigenvalue weighted by Gasteiger charge is 2.11. The van der Waals surface area contributed by atoms with Gasteiger partial charge in [0.2, 0.25) is 0 Å². The second kappa shape index (κ2) is 7.41. The zero-order valence-corrected chi connectivity index (χ0v) is 13.8. The maximum atomic E-state index is 12.3. The van der Waals surface area contributed by atoms with E-state index in [0.717, 1.165) is 14.9 Å². The largest absolute Gasteiger partial charge is 0.384 e. The number of hydrogen-bond donors (Lipinski definition) is 2. The minimum Gasteiger partial charge on any atom is -0.384 e. The molecule has 108 valence electrons. The van der Waals surface area contributed by atoms with E-state index < -0.39 is 0 Å². The highest BCUT2D eigenvalue weighted by atomic mass is 79.9. The molecule has 0 fully saturated rings. The summed E-state index contributed by atoms with van der Waals surface area (Å²) < 4.78 is 0.998. The summed E-state index contributed by atoms with van der Waals surface area (Å²) in [5.41, 5.74) is 2.15. The van der Waals surface area contributed by atoms with Gasteiger partial charge in [-0.3, -0.25) is 4.79 Å². The summed E-state index contributed by atoms with van der Waals surface area (Å²) in [6.45, 7) is 2.17. The Hall–Kier alpha value is -1.61. The first-order valence-electron chi connectivity index (χ1n) is 6.32. The number of benzene rings is 1. The number of nitrogens with one attached hydrogen (secondary N) is 1. The summed E-state index contributed by atoms with van der Waals surface area (Å²) in [5.74, 6) is 5.22. The molecule has 0 unspecified atom stereocenters. The third-order valence-electron chi connectivity index (χ3n) is 2.82. The predicted octanol–water partition coefficient (Wildman–Crippen LogP) is 3.09. The second-order valence-corrected chi connectivity index (χ2v) is 6.24. The molecule has 0 aliphatic heterocycles. The number of aliphatic hydroxyl groups excluding tert-OH is 1. The van der Waals surface area contributed by atoms with E-state index in [9.17, 15) is 4.79 Å². The quantitative estimate of drug-likeness (QED) is 0.823. The molecule has 0 saturated carbocycles. The lowest BCUT2D eigenvalue weighted by molar-refractivity contribution is 0.0951. The smallest absolute Gasteiger partial charge is 0.252 e. The third-order valence-corrected chi connectivity index (χ3v) is 4.75. The van der Waals surface area contributed by atoms with Crippen molar-refractivity contribution in [2.75, 3.05) is 6.61 Å². The Morgan fingerprint density at radius 3 is 2.90 bits per heavy atom. The molecular weight excluding hydrogens is 350 g/mol. The number of rotatable bonds is 3. The van der Waals surface area contributed by atoms with Crippen LogP contribution in [0.5, 0.6) is 0 Å². The maximum Gasteiger partial charge on any atom is 0.252 e. The molecule has 2 rings (SSSR count). The van der Waals surface area contributed by atoms with Crippen LogP contribution in [0, 0.1) is 18.8 Å². The Morgan fingerprint density at radius 1 is 1.43 bits per heavy atom. The zero-order valence-electron chi connectivity index (χ0n) is 11.4. The van der Waals surface area contributed by atoms with Gasteiger partial charge in [-0.2, -0.15) is 0 Å². The van der Waals surface area contributed by atoms with Crippen LogP contribution in [-0.4, -0.2) is 17.6 Å². The molecule has 0 atom stereocenters. The lowest BCUT2D eigenvalue weighted by atomic mass is 10.0. The van der Waals surface area contributed by atoms with E-state index >= 15 is 0 Å². The fraction of sp³-hybridized carbons (Fsp3) is 0.188. The van der Waals surface area contributed by atoms with Gasteiger partial charge in [0.05, 0.1) is 12.1 Å². The fourth-order valence-electron chi connectivity index (χ4n) is 1.80. The van der Waals surface area contributed by atoms with Gasteiger partial charge in [-0.05, 0) is 46.4 Å². The topological polar surface area (TPSA) is 49.3 Å². The van der Waals surface area contributed by atoms with Crippen molar-refractivity contribution >= 4 is 33.2 Å². The van der Waals surface area contributed by atoms with Crippen LogP contribution in [0.3, 0.4) is 0 Å². The number of halogens is 1. The van der Waals surface area contributed by atoms with Gasteiger partial charge in [0, 0.05) is 14.9 Å². The van der Waals surface area contributed by atoms with E-state index in [0.29, 0.717) is 17.7 Å². The van der Waals surface area contributed by atoms with E-state index in [-0.39, 0.29) is 12.5 Å². The summed E-state index contributed by atoms with van der Waals surface area (Å²) >= 11 is 5.03. The second-order valence-electron chi connectivity index (χ2n) is 4.38. The van der Waals surface area contributed by atoms with Crippen LogP contribution < -0.4 is 5.32 Å². The Kier molecular flexibility index (Phi) is 5.57. The van der Waals surface area contributed by atoms with Gasteiger partial charge in [0.1, 0.15) is 6.61 Å². The van der Waals surface area contributed by atoms with Gasteiger partial charge in [-0.15, -0.1) is 11.3 Å². The molecule has 21 heavy (non-hydrogen) atoms. The van der Waals surface area contributed by atoms with Crippen LogP contribution in [-0.2, 0) is 6.54 Å². The first-order chi connectivity index (χ1) is 10.1. The van der Waals surface area contributed by atoms with Crippen molar-refractivity contribution in [1.82, 2.24) is 5.32 Å². The number of aryl methyl sites for hydroxylation is 1. The van der Waals surface area contributed by atoms with Crippen molar-refractivity contribution < 1.29 is 9.90 Å². The van der Waals surface area contributed by atoms with Crippen molar-refractivity contribution in [3.63, 3.8) is 0 Å². The molecule has 0 bridgehead atoms. The van der Waals surface area contributed by atoms with Crippen molar-refractivity contribution in [3.8, 4) is 11.8 Å². The third kappa shape index (κ3) is 4.18. The molecule has 0 saturated heterocycles. The number of carbonyl (C=O) groups is 1. The first-order valence-corrected chi connectivity index (χ1v) is 7.99. The molecule has 0 aliphatic rings. The number of hydrogen-bond acceptors (Lipinski definition) is 3. The minimum absolute atomic E-state index is 0.166. The molecule has 0 radical (unpaired) electrons. The molecular formula is C16H14BrNO2S. The molecule has 1 amide bonds. The van der Waals surface area contributed by atoms with Crippen molar-refractivity contribution in [2.24, 2.45) is 0 Å². The number of amides is 1. The SMILES string of the molecule is Cc1ccc(C#CCO)c(C(=O)NCc2sccc2Br)c1. The normalized spacial score (nSPS) is 9.86. The van der Waals surface area contributed by atoms with Crippen LogP contribution in [0.15, 0.2) is 34.1 Å². The molecule has 1 aromatic carbocycles. The summed E-state index contributed by atoms with van der Waals surface area (Å²) in [4.78, 5) is 13.4. The Balaban J connectivity index is 2.18. The summed E-state index contributed by atoms with van der Waals surface area (Å²) in [5, 5.41) is 13.7. The van der Waals surface area contributed by atoms with E-state index in [1.54, 1.807) is 23.5 Å². The maximum absolute atomic E-state index is 12.3. The number of carbonyl (C=O) groups excluding carboxylic acids is 1. The Labute approximate surface area is 136 Å². The number of aliphatic hydroxyl groups is 1. The van der Waals surface area contributed by atoms with Crippen LogP contribution in [0.1, 0.15) is 26.4 Å². The number of thiophene rings is 1. The van der Waals surface area contributed by atoms with Crippen LogP contribution in [0.25, 0.3) is 0 Å². The first kappa shape index (κ1) is 15.8. The van der Waals surface area contributed by atoms with Gasteiger partial charge in [-0.1, -0.05) is 23.5 Å². The average molecular weight is 364 g/mol. The van der Waals surface area contributed by atoms with Crippen LogP contribution in [0.2, 0.25) is 0 Å².